The Labute approximate surface area is 147 Å². The average Bonchev–Trinajstić information content (AvgIpc) is 2.85. The number of esters is 1. The number of hydrogen-bond donors (Lipinski definition) is 0. The first-order valence-corrected chi connectivity index (χ1v) is 8.87. The van der Waals surface area contributed by atoms with Gasteiger partial charge in [-0.2, -0.15) is 0 Å². The number of likely N-dealkylation sites (tertiary alicyclic amines) is 1. The minimum Gasteiger partial charge on any atom is -0.465 e. The van der Waals surface area contributed by atoms with E-state index < -0.39 is 5.97 Å². The van der Waals surface area contributed by atoms with Gasteiger partial charge in [0.05, 0.1) is 18.6 Å². The van der Waals surface area contributed by atoms with E-state index in [4.69, 9.17) is 0 Å². The van der Waals surface area contributed by atoms with Gasteiger partial charge in [-0.15, -0.1) is 0 Å². The number of hydrogen-bond acceptors (Lipinski definition) is 4. The molecule has 6 nitrogen and oxygen atoms in total. The fourth-order valence-corrected chi connectivity index (χ4v) is 3.57. The molecule has 1 unspecified atom stereocenters. The second-order valence-electron chi connectivity index (χ2n) is 6.68. The molecular formula is C19H24N2O4. The summed E-state index contributed by atoms with van der Waals surface area (Å²) in [6.07, 6.45) is 4.70. The number of nitrogens with zero attached hydrogens (tertiary/aromatic N) is 2. The van der Waals surface area contributed by atoms with Gasteiger partial charge in [0.1, 0.15) is 0 Å². The molecule has 0 spiro atoms. The summed E-state index contributed by atoms with van der Waals surface area (Å²) in [5.41, 5.74) is 1.15. The van der Waals surface area contributed by atoms with Crippen LogP contribution in [0.3, 0.4) is 0 Å². The SMILES string of the molecule is COC(=O)c1ccc(N2CC(C(=O)N3CCCCCC3)CC2=O)cc1. The summed E-state index contributed by atoms with van der Waals surface area (Å²) in [5.74, 6) is -0.623. The maximum Gasteiger partial charge on any atom is 0.337 e. The van der Waals surface area contributed by atoms with Crippen molar-refractivity contribution in [3.63, 3.8) is 0 Å². The van der Waals surface area contributed by atoms with Crippen LogP contribution in [0.1, 0.15) is 42.5 Å². The molecule has 0 saturated carbocycles. The first-order chi connectivity index (χ1) is 12.1. The number of carbonyl (C=O) groups is 3. The lowest BCUT2D eigenvalue weighted by atomic mass is 10.1. The summed E-state index contributed by atoms with van der Waals surface area (Å²) in [6, 6.07) is 6.72. The van der Waals surface area contributed by atoms with Gasteiger partial charge in [0.15, 0.2) is 0 Å². The summed E-state index contributed by atoms with van der Waals surface area (Å²) in [6.45, 7) is 2.01. The van der Waals surface area contributed by atoms with Gasteiger partial charge in [-0.1, -0.05) is 12.8 Å². The normalized spacial score (nSPS) is 21.2. The van der Waals surface area contributed by atoms with Gasteiger partial charge < -0.3 is 14.5 Å². The molecule has 0 radical (unpaired) electrons. The maximum absolute atomic E-state index is 12.7. The van der Waals surface area contributed by atoms with Crippen LogP contribution in [-0.4, -0.2) is 49.4 Å². The van der Waals surface area contributed by atoms with Crippen LogP contribution in [0.2, 0.25) is 0 Å². The molecule has 2 heterocycles. The van der Waals surface area contributed by atoms with Crippen molar-refractivity contribution in [3.05, 3.63) is 29.8 Å². The van der Waals surface area contributed by atoms with Gasteiger partial charge in [0.25, 0.3) is 0 Å². The zero-order valence-electron chi connectivity index (χ0n) is 14.6. The van der Waals surface area contributed by atoms with Crippen LogP contribution >= 0.6 is 0 Å². The van der Waals surface area contributed by atoms with Gasteiger partial charge >= 0.3 is 5.97 Å². The average molecular weight is 344 g/mol. The lowest BCUT2D eigenvalue weighted by Crippen LogP contribution is -2.38. The van der Waals surface area contributed by atoms with Crippen molar-refractivity contribution in [3.8, 4) is 0 Å². The zero-order valence-corrected chi connectivity index (χ0v) is 14.6. The molecule has 0 N–H and O–H groups in total. The van der Waals surface area contributed by atoms with E-state index in [-0.39, 0.29) is 24.2 Å². The number of ether oxygens (including phenoxy) is 1. The number of benzene rings is 1. The van der Waals surface area contributed by atoms with E-state index in [9.17, 15) is 14.4 Å². The summed E-state index contributed by atoms with van der Waals surface area (Å²) in [5, 5.41) is 0. The predicted molar refractivity (Wildman–Crippen MR) is 93.3 cm³/mol. The highest BCUT2D eigenvalue weighted by Crippen LogP contribution is 2.27. The van der Waals surface area contributed by atoms with Crippen LogP contribution in [0.4, 0.5) is 5.69 Å². The number of amides is 2. The molecule has 2 aliphatic rings. The van der Waals surface area contributed by atoms with Crippen molar-refractivity contribution in [1.82, 2.24) is 4.90 Å². The van der Waals surface area contributed by atoms with Gasteiger partial charge in [0.2, 0.25) is 11.8 Å². The Morgan fingerprint density at radius 2 is 1.68 bits per heavy atom. The van der Waals surface area contributed by atoms with Crippen LogP contribution in [-0.2, 0) is 14.3 Å². The lowest BCUT2D eigenvalue weighted by molar-refractivity contribution is -0.135. The van der Waals surface area contributed by atoms with E-state index >= 15 is 0 Å². The molecule has 134 valence electrons. The Bertz CT molecular complexity index is 648. The summed E-state index contributed by atoms with van der Waals surface area (Å²) in [4.78, 5) is 40.2. The number of rotatable bonds is 3. The number of anilines is 1. The van der Waals surface area contributed by atoms with Crippen molar-refractivity contribution in [2.45, 2.75) is 32.1 Å². The van der Waals surface area contributed by atoms with Crippen LogP contribution < -0.4 is 4.90 Å². The molecule has 2 aliphatic heterocycles. The highest BCUT2D eigenvalue weighted by Gasteiger charge is 2.37. The van der Waals surface area contributed by atoms with Crippen molar-refractivity contribution in [2.24, 2.45) is 5.92 Å². The highest BCUT2D eigenvalue weighted by molar-refractivity contribution is 6.00. The summed E-state index contributed by atoms with van der Waals surface area (Å²) in [7, 11) is 1.33. The van der Waals surface area contributed by atoms with Gasteiger partial charge in [-0.05, 0) is 37.1 Å². The van der Waals surface area contributed by atoms with Gasteiger partial charge in [0, 0.05) is 31.7 Å². The van der Waals surface area contributed by atoms with Gasteiger partial charge in [-0.25, -0.2) is 4.79 Å². The quantitative estimate of drug-likeness (QED) is 0.789. The summed E-state index contributed by atoms with van der Waals surface area (Å²) >= 11 is 0. The first-order valence-electron chi connectivity index (χ1n) is 8.87. The van der Waals surface area contributed by atoms with Crippen LogP contribution in [0.5, 0.6) is 0 Å². The topological polar surface area (TPSA) is 66.9 Å². The second kappa shape index (κ2) is 7.68. The fourth-order valence-electron chi connectivity index (χ4n) is 3.57. The second-order valence-corrected chi connectivity index (χ2v) is 6.68. The third kappa shape index (κ3) is 3.83. The molecule has 0 aliphatic carbocycles. The monoisotopic (exact) mass is 344 g/mol. The van der Waals surface area contributed by atoms with E-state index in [1.54, 1.807) is 29.2 Å². The van der Waals surface area contributed by atoms with Crippen molar-refractivity contribution in [1.29, 1.82) is 0 Å². The molecule has 1 atom stereocenters. The smallest absolute Gasteiger partial charge is 0.337 e. The third-order valence-corrected chi connectivity index (χ3v) is 4.99. The lowest BCUT2D eigenvalue weighted by Gasteiger charge is -2.24. The molecule has 1 aromatic rings. The number of methoxy groups -OCH3 is 1. The Kier molecular flexibility index (Phi) is 5.36. The van der Waals surface area contributed by atoms with E-state index in [0.717, 1.165) is 25.9 Å². The molecule has 6 heteroatoms. The molecule has 25 heavy (non-hydrogen) atoms. The Morgan fingerprint density at radius 1 is 1.04 bits per heavy atom. The van der Waals surface area contributed by atoms with E-state index in [1.807, 2.05) is 4.90 Å². The zero-order chi connectivity index (χ0) is 17.8. The van der Waals surface area contributed by atoms with Crippen LogP contribution in [0.25, 0.3) is 0 Å². The Morgan fingerprint density at radius 3 is 2.28 bits per heavy atom. The van der Waals surface area contributed by atoms with E-state index in [2.05, 4.69) is 4.74 Å². The predicted octanol–water partition coefficient (Wildman–Crippen LogP) is 2.23. The largest absolute Gasteiger partial charge is 0.465 e. The molecule has 2 saturated heterocycles. The molecule has 1 aromatic carbocycles. The molecule has 2 fully saturated rings. The standard InChI is InChI=1S/C19H24N2O4/c1-25-19(24)14-6-8-16(9-7-14)21-13-15(12-17(21)22)18(23)20-10-4-2-3-5-11-20/h6-9,15H,2-5,10-13H2,1H3. The molecule has 3 rings (SSSR count). The van der Waals surface area contributed by atoms with Crippen molar-refractivity contribution in [2.75, 3.05) is 31.6 Å². The molecule has 2 amide bonds. The van der Waals surface area contributed by atoms with E-state index in [0.29, 0.717) is 17.8 Å². The third-order valence-electron chi connectivity index (χ3n) is 4.99. The minimum absolute atomic E-state index is 0.0426. The Hall–Kier alpha value is -2.37. The Balaban J connectivity index is 1.67. The van der Waals surface area contributed by atoms with Crippen molar-refractivity contribution >= 4 is 23.5 Å². The fraction of sp³-hybridized carbons (Fsp3) is 0.526. The molecular weight excluding hydrogens is 320 g/mol. The maximum atomic E-state index is 12.7. The summed E-state index contributed by atoms with van der Waals surface area (Å²) < 4.78 is 4.68. The van der Waals surface area contributed by atoms with Crippen LogP contribution in [0, 0.1) is 5.92 Å². The highest BCUT2D eigenvalue weighted by atomic mass is 16.5. The molecule has 0 aromatic heterocycles. The van der Waals surface area contributed by atoms with Crippen LogP contribution in [0.15, 0.2) is 24.3 Å². The van der Waals surface area contributed by atoms with Gasteiger partial charge in [-0.3, -0.25) is 9.59 Å². The number of carbonyl (C=O) groups excluding carboxylic acids is 3. The first kappa shape index (κ1) is 17.5. The minimum atomic E-state index is -0.409. The van der Waals surface area contributed by atoms with Crippen molar-refractivity contribution < 1.29 is 19.1 Å². The molecule has 0 bridgehead atoms. The van der Waals surface area contributed by atoms with E-state index in [1.165, 1.54) is 20.0 Å².